The van der Waals surface area contributed by atoms with Gasteiger partial charge >= 0.3 is 0 Å². The smallest absolute Gasteiger partial charge is 0.257 e. The minimum absolute atomic E-state index is 0.261. The maximum Gasteiger partial charge on any atom is 0.257 e. The van der Waals surface area contributed by atoms with Crippen molar-refractivity contribution in [2.45, 2.75) is 19.8 Å². The summed E-state index contributed by atoms with van der Waals surface area (Å²) < 4.78 is 0. The molecular weight excluding hydrogens is 250 g/mol. The molecule has 0 spiro atoms. The molecule has 20 heavy (non-hydrogen) atoms. The molecule has 0 atom stereocenters. The predicted octanol–water partition coefficient (Wildman–Crippen LogP) is 3.33. The van der Waals surface area contributed by atoms with Crippen LogP contribution in [0.2, 0.25) is 0 Å². The summed E-state index contributed by atoms with van der Waals surface area (Å²) in [6.07, 6.45) is 2.88. The lowest BCUT2D eigenvalue weighted by Gasteiger charge is -2.13. The van der Waals surface area contributed by atoms with Crippen LogP contribution >= 0.6 is 0 Å². The van der Waals surface area contributed by atoms with Gasteiger partial charge in [-0.05, 0) is 23.6 Å². The number of anilines is 1. The number of hydrogen-bond acceptors (Lipinski definition) is 3. The summed E-state index contributed by atoms with van der Waals surface area (Å²) in [6, 6.07) is 11.2. The first-order chi connectivity index (χ1) is 9.61. The van der Waals surface area contributed by atoms with Gasteiger partial charge in [-0.15, -0.1) is 0 Å². The Morgan fingerprint density at radius 1 is 1.30 bits per heavy atom. The fourth-order valence-electron chi connectivity index (χ4n) is 1.93. The highest BCUT2D eigenvalue weighted by atomic mass is 16.1. The van der Waals surface area contributed by atoms with Gasteiger partial charge in [0.05, 0.1) is 11.1 Å². The van der Waals surface area contributed by atoms with E-state index in [4.69, 9.17) is 5.26 Å². The van der Waals surface area contributed by atoms with E-state index in [-0.39, 0.29) is 5.91 Å². The van der Waals surface area contributed by atoms with Crippen LogP contribution in [0.3, 0.4) is 0 Å². The summed E-state index contributed by atoms with van der Waals surface area (Å²) in [6.45, 7) is 4.14. The maximum absolute atomic E-state index is 12.2. The van der Waals surface area contributed by atoms with Gasteiger partial charge in [-0.3, -0.25) is 9.78 Å². The topological polar surface area (TPSA) is 65.8 Å². The average Bonchev–Trinajstić information content (AvgIpc) is 2.47. The molecule has 0 unspecified atom stereocenters. The van der Waals surface area contributed by atoms with Crippen molar-refractivity contribution in [3.8, 4) is 6.07 Å². The summed E-state index contributed by atoms with van der Waals surface area (Å²) in [5.74, 6) is 0.0535. The minimum atomic E-state index is -0.261. The quantitative estimate of drug-likeness (QED) is 0.925. The van der Waals surface area contributed by atoms with Gasteiger partial charge in [-0.2, -0.15) is 5.26 Å². The van der Waals surface area contributed by atoms with Gasteiger partial charge in [0.1, 0.15) is 6.07 Å². The van der Waals surface area contributed by atoms with Crippen molar-refractivity contribution in [3.05, 3.63) is 59.4 Å². The van der Waals surface area contributed by atoms with Crippen LogP contribution < -0.4 is 5.32 Å². The van der Waals surface area contributed by atoms with Crippen molar-refractivity contribution in [2.24, 2.45) is 0 Å². The molecule has 0 fully saturated rings. The molecule has 100 valence electrons. The highest BCUT2D eigenvalue weighted by Gasteiger charge is 2.11. The Bertz CT molecular complexity index is 671. The van der Waals surface area contributed by atoms with Crippen molar-refractivity contribution in [1.29, 1.82) is 5.26 Å². The van der Waals surface area contributed by atoms with Crippen molar-refractivity contribution in [3.63, 3.8) is 0 Å². The summed E-state index contributed by atoms with van der Waals surface area (Å²) in [5, 5.41) is 11.7. The summed E-state index contributed by atoms with van der Waals surface area (Å²) in [7, 11) is 0. The van der Waals surface area contributed by atoms with E-state index in [1.54, 1.807) is 0 Å². The summed E-state index contributed by atoms with van der Waals surface area (Å²) in [5.41, 5.74) is 2.61. The van der Waals surface area contributed by atoms with Crippen LogP contribution in [-0.2, 0) is 0 Å². The molecule has 1 aromatic carbocycles. The molecule has 4 nitrogen and oxygen atoms in total. The molecule has 0 bridgehead atoms. The van der Waals surface area contributed by atoms with Crippen LogP contribution in [0.4, 0.5) is 5.69 Å². The lowest BCUT2D eigenvalue weighted by molar-refractivity contribution is 0.102. The predicted molar refractivity (Wildman–Crippen MR) is 77.4 cm³/mol. The van der Waals surface area contributed by atoms with Gasteiger partial charge in [-0.25, -0.2) is 0 Å². The molecule has 0 saturated carbocycles. The molecule has 0 aliphatic rings. The minimum Gasteiger partial charge on any atom is -0.322 e. The maximum atomic E-state index is 12.2. The Morgan fingerprint density at radius 3 is 2.75 bits per heavy atom. The molecule has 1 heterocycles. The number of carbonyl (C=O) groups is 1. The Kier molecular flexibility index (Phi) is 4.11. The van der Waals surface area contributed by atoms with E-state index >= 15 is 0 Å². The molecular formula is C16H15N3O. The van der Waals surface area contributed by atoms with E-state index in [1.165, 1.54) is 18.5 Å². The SMILES string of the molecule is CC(C)c1ccccc1NC(=O)c1cncc(C#N)c1. The number of pyridine rings is 1. The van der Waals surface area contributed by atoms with E-state index in [1.807, 2.05) is 30.3 Å². The van der Waals surface area contributed by atoms with Gasteiger partial charge in [0.2, 0.25) is 0 Å². The Hall–Kier alpha value is -2.67. The van der Waals surface area contributed by atoms with Gasteiger partial charge < -0.3 is 5.32 Å². The molecule has 0 aliphatic heterocycles. The highest BCUT2D eigenvalue weighted by molar-refractivity contribution is 6.04. The second-order valence-corrected chi connectivity index (χ2v) is 4.77. The van der Waals surface area contributed by atoms with Crippen LogP contribution in [0.25, 0.3) is 0 Å². The van der Waals surface area contributed by atoms with Crippen molar-refractivity contribution < 1.29 is 4.79 Å². The first-order valence-electron chi connectivity index (χ1n) is 6.37. The Morgan fingerprint density at radius 2 is 2.05 bits per heavy atom. The van der Waals surface area contributed by atoms with Crippen LogP contribution in [0, 0.1) is 11.3 Å². The molecule has 0 aliphatic carbocycles. The summed E-state index contributed by atoms with van der Waals surface area (Å²) >= 11 is 0. The highest BCUT2D eigenvalue weighted by Crippen LogP contribution is 2.24. The molecule has 4 heteroatoms. The zero-order valence-electron chi connectivity index (χ0n) is 11.4. The number of aromatic nitrogens is 1. The van der Waals surface area contributed by atoms with Gasteiger partial charge in [0.25, 0.3) is 5.91 Å². The average molecular weight is 265 g/mol. The molecule has 1 aromatic heterocycles. The zero-order valence-corrected chi connectivity index (χ0v) is 11.4. The molecule has 2 aromatic rings. The second-order valence-electron chi connectivity index (χ2n) is 4.77. The largest absolute Gasteiger partial charge is 0.322 e. The number of para-hydroxylation sites is 1. The number of nitriles is 1. The fraction of sp³-hybridized carbons (Fsp3) is 0.188. The van der Waals surface area contributed by atoms with E-state index < -0.39 is 0 Å². The van der Waals surface area contributed by atoms with Crippen molar-refractivity contribution in [1.82, 2.24) is 4.98 Å². The number of hydrogen-bond donors (Lipinski definition) is 1. The lowest BCUT2D eigenvalue weighted by atomic mass is 10.0. The Labute approximate surface area is 118 Å². The van der Waals surface area contributed by atoms with E-state index in [9.17, 15) is 4.79 Å². The number of nitrogens with one attached hydrogen (secondary N) is 1. The zero-order chi connectivity index (χ0) is 14.5. The van der Waals surface area contributed by atoms with Gasteiger partial charge in [-0.1, -0.05) is 32.0 Å². The van der Waals surface area contributed by atoms with Crippen molar-refractivity contribution >= 4 is 11.6 Å². The third-order valence-electron chi connectivity index (χ3n) is 2.96. The van der Waals surface area contributed by atoms with Crippen LogP contribution in [-0.4, -0.2) is 10.9 Å². The van der Waals surface area contributed by atoms with Crippen LogP contribution in [0.5, 0.6) is 0 Å². The van der Waals surface area contributed by atoms with E-state index in [0.29, 0.717) is 17.0 Å². The van der Waals surface area contributed by atoms with Gasteiger partial charge in [0, 0.05) is 18.1 Å². The molecule has 0 radical (unpaired) electrons. The number of benzene rings is 1. The third kappa shape index (κ3) is 3.01. The fourth-order valence-corrected chi connectivity index (χ4v) is 1.93. The molecule has 1 N–H and O–H groups in total. The molecule has 1 amide bonds. The van der Waals surface area contributed by atoms with Crippen LogP contribution in [0.1, 0.15) is 41.3 Å². The van der Waals surface area contributed by atoms with E-state index in [0.717, 1.165) is 11.3 Å². The van der Waals surface area contributed by atoms with Crippen molar-refractivity contribution in [2.75, 3.05) is 5.32 Å². The normalized spacial score (nSPS) is 10.1. The van der Waals surface area contributed by atoms with Gasteiger partial charge in [0.15, 0.2) is 0 Å². The number of nitrogens with zero attached hydrogens (tertiary/aromatic N) is 2. The monoisotopic (exact) mass is 265 g/mol. The third-order valence-corrected chi connectivity index (χ3v) is 2.96. The lowest BCUT2D eigenvalue weighted by Crippen LogP contribution is -2.14. The summed E-state index contributed by atoms with van der Waals surface area (Å²) in [4.78, 5) is 16.1. The van der Waals surface area contributed by atoms with E-state index in [2.05, 4.69) is 24.1 Å². The van der Waals surface area contributed by atoms with Crippen LogP contribution in [0.15, 0.2) is 42.7 Å². The Balaban J connectivity index is 2.26. The number of rotatable bonds is 3. The number of carbonyl (C=O) groups excluding carboxylic acids is 1. The molecule has 2 rings (SSSR count). The first-order valence-corrected chi connectivity index (χ1v) is 6.37. The number of amides is 1. The molecule has 0 saturated heterocycles. The first kappa shape index (κ1) is 13.8. The standard InChI is InChI=1S/C16H15N3O/c1-11(2)14-5-3-4-6-15(14)19-16(20)13-7-12(8-17)9-18-10-13/h3-7,9-11H,1-2H3,(H,19,20). The second kappa shape index (κ2) is 5.98.